The predicted molar refractivity (Wildman–Crippen MR) is 78.7 cm³/mol. The van der Waals surface area contributed by atoms with Gasteiger partial charge in [-0.3, -0.25) is 0 Å². The fourth-order valence-corrected chi connectivity index (χ4v) is 2.87. The van der Waals surface area contributed by atoms with Crippen LogP contribution in [-0.4, -0.2) is 6.54 Å². The Kier molecular flexibility index (Phi) is 3.19. The van der Waals surface area contributed by atoms with Gasteiger partial charge in [-0.2, -0.15) is 0 Å². The predicted octanol–water partition coefficient (Wildman–Crippen LogP) is 5.02. The van der Waals surface area contributed by atoms with Gasteiger partial charge in [0, 0.05) is 27.8 Å². The van der Waals surface area contributed by atoms with Crippen LogP contribution >= 0.6 is 23.2 Å². The molecule has 0 unspecified atom stereocenters. The van der Waals surface area contributed by atoms with Gasteiger partial charge in [-0.25, -0.2) is 0 Å². The van der Waals surface area contributed by atoms with Gasteiger partial charge in [0.1, 0.15) is 0 Å². The molecule has 0 saturated carbocycles. The Morgan fingerprint density at radius 3 is 2.72 bits per heavy atom. The molecule has 1 N–H and O–H groups in total. The van der Waals surface area contributed by atoms with Gasteiger partial charge in [0.2, 0.25) is 0 Å². The molecule has 1 aliphatic rings. The van der Waals surface area contributed by atoms with Crippen molar-refractivity contribution < 1.29 is 0 Å². The highest BCUT2D eigenvalue weighted by Gasteiger charge is 2.11. The van der Waals surface area contributed by atoms with Crippen molar-refractivity contribution in [3.05, 3.63) is 52.0 Å². The van der Waals surface area contributed by atoms with Crippen LogP contribution in [0.15, 0.2) is 36.4 Å². The summed E-state index contributed by atoms with van der Waals surface area (Å²) in [5.41, 5.74) is 4.76. The minimum absolute atomic E-state index is 0.667. The first-order chi connectivity index (χ1) is 8.74. The molecular formula is C15H13Cl2N. The first-order valence-electron chi connectivity index (χ1n) is 6.06. The van der Waals surface area contributed by atoms with E-state index in [1.165, 1.54) is 17.7 Å². The van der Waals surface area contributed by atoms with E-state index in [0.29, 0.717) is 10.0 Å². The number of anilines is 1. The third kappa shape index (κ3) is 2.21. The average Bonchev–Trinajstić information content (AvgIpc) is 2.38. The van der Waals surface area contributed by atoms with Crippen molar-refractivity contribution in [2.24, 2.45) is 0 Å². The zero-order valence-electron chi connectivity index (χ0n) is 9.84. The third-order valence-electron chi connectivity index (χ3n) is 3.29. The molecule has 0 radical (unpaired) electrons. The van der Waals surface area contributed by atoms with E-state index in [1.807, 2.05) is 12.1 Å². The summed E-state index contributed by atoms with van der Waals surface area (Å²) in [6.07, 6.45) is 2.35. The Balaban J connectivity index is 2.06. The molecule has 0 saturated heterocycles. The lowest BCUT2D eigenvalue weighted by Gasteiger charge is -2.19. The summed E-state index contributed by atoms with van der Waals surface area (Å²) in [4.78, 5) is 0. The van der Waals surface area contributed by atoms with E-state index in [2.05, 4.69) is 23.5 Å². The lowest BCUT2D eigenvalue weighted by Crippen LogP contribution is -2.11. The number of hydrogen-bond acceptors (Lipinski definition) is 1. The molecule has 0 aromatic heterocycles. The summed E-state index contributed by atoms with van der Waals surface area (Å²) < 4.78 is 0. The summed E-state index contributed by atoms with van der Waals surface area (Å²) in [6, 6.07) is 12.1. The molecule has 2 aromatic rings. The monoisotopic (exact) mass is 277 g/mol. The Hall–Kier alpha value is -1.18. The van der Waals surface area contributed by atoms with Crippen LogP contribution in [0.25, 0.3) is 11.1 Å². The molecule has 3 heteroatoms. The molecular weight excluding hydrogens is 265 g/mol. The van der Waals surface area contributed by atoms with Crippen LogP contribution in [0.1, 0.15) is 12.0 Å². The number of hydrogen-bond donors (Lipinski definition) is 1. The highest BCUT2D eigenvalue weighted by atomic mass is 35.5. The van der Waals surface area contributed by atoms with E-state index in [9.17, 15) is 0 Å². The molecule has 0 atom stereocenters. The topological polar surface area (TPSA) is 12.0 Å². The second kappa shape index (κ2) is 4.83. The van der Waals surface area contributed by atoms with Crippen LogP contribution in [0.4, 0.5) is 5.69 Å². The molecule has 1 aliphatic heterocycles. The van der Waals surface area contributed by atoms with Crippen molar-refractivity contribution in [1.82, 2.24) is 0 Å². The summed E-state index contributed by atoms with van der Waals surface area (Å²) in [5, 5.41) is 4.79. The van der Waals surface area contributed by atoms with Crippen LogP contribution in [0.3, 0.4) is 0 Å². The summed E-state index contributed by atoms with van der Waals surface area (Å²) in [7, 11) is 0. The van der Waals surface area contributed by atoms with E-state index in [1.54, 1.807) is 6.07 Å². The van der Waals surface area contributed by atoms with Crippen molar-refractivity contribution >= 4 is 28.9 Å². The van der Waals surface area contributed by atoms with Crippen LogP contribution in [0, 0.1) is 0 Å². The lowest BCUT2D eigenvalue weighted by molar-refractivity contribution is 0.830. The van der Waals surface area contributed by atoms with Gasteiger partial charge >= 0.3 is 0 Å². The maximum Gasteiger partial charge on any atom is 0.0499 e. The zero-order chi connectivity index (χ0) is 12.5. The van der Waals surface area contributed by atoms with Gasteiger partial charge in [-0.1, -0.05) is 41.4 Å². The van der Waals surface area contributed by atoms with Crippen LogP contribution < -0.4 is 5.32 Å². The normalized spacial score (nSPS) is 13.9. The van der Waals surface area contributed by atoms with Crippen LogP contribution in [-0.2, 0) is 6.42 Å². The van der Waals surface area contributed by atoms with E-state index in [0.717, 1.165) is 24.1 Å². The number of halogens is 2. The molecule has 2 aromatic carbocycles. The van der Waals surface area contributed by atoms with Gasteiger partial charge in [-0.15, -0.1) is 0 Å². The second-order valence-corrected chi connectivity index (χ2v) is 5.37. The van der Waals surface area contributed by atoms with E-state index >= 15 is 0 Å². The Bertz CT molecular complexity index is 593. The number of rotatable bonds is 1. The fraction of sp³-hybridized carbons (Fsp3) is 0.200. The largest absolute Gasteiger partial charge is 0.385 e. The number of fused-ring (bicyclic) bond motifs is 1. The van der Waals surface area contributed by atoms with Crippen molar-refractivity contribution in [2.75, 3.05) is 11.9 Å². The second-order valence-electron chi connectivity index (χ2n) is 4.53. The molecule has 0 aliphatic carbocycles. The summed E-state index contributed by atoms with van der Waals surface area (Å²) >= 11 is 12.2. The molecule has 0 bridgehead atoms. The number of nitrogens with one attached hydrogen (secondary N) is 1. The summed E-state index contributed by atoms with van der Waals surface area (Å²) in [5.74, 6) is 0. The van der Waals surface area contributed by atoms with Gasteiger partial charge in [0.05, 0.1) is 0 Å². The maximum absolute atomic E-state index is 6.24. The first-order valence-corrected chi connectivity index (χ1v) is 6.82. The quantitative estimate of drug-likeness (QED) is 0.772. The van der Waals surface area contributed by atoms with E-state index in [4.69, 9.17) is 23.2 Å². The van der Waals surface area contributed by atoms with Crippen molar-refractivity contribution in [2.45, 2.75) is 12.8 Å². The first kappa shape index (κ1) is 11.9. The fourth-order valence-electron chi connectivity index (χ4n) is 2.35. The Morgan fingerprint density at radius 1 is 1.00 bits per heavy atom. The molecule has 3 rings (SSSR count). The highest BCUT2D eigenvalue weighted by molar-refractivity contribution is 6.36. The van der Waals surface area contributed by atoms with Gasteiger partial charge in [-0.05, 0) is 42.2 Å². The lowest BCUT2D eigenvalue weighted by atomic mass is 9.98. The number of aryl methyl sites for hydroxylation is 1. The maximum atomic E-state index is 6.24. The van der Waals surface area contributed by atoms with Crippen LogP contribution in [0.2, 0.25) is 10.0 Å². The molecule has 0 spiro atoms. The number of benzene rings is 2. The average molecular weight is 278 g/mol. The van der Waals surface area contributed by atoms with Crippen molar-refractivity contribution in [3.63, 3.8) is 0 Å². The van der Waals surface area contributed by atoms with Crippen LogP contribution in [0.5, 0.6) is 0 Å². The van der Waals surface area contributed by atoms with Gasteiger partial charge in [0.25, 0.3) is 0 Å². The molecule has 1 nitrogen and oxygen atoms in total. The van der Waals surface area contributed by atoms with Crippen molar-refractivity contribution in [1.29, 1.82) is 0 Å². The van der Waals surface area contributed by atoms with E-state index in [-0.39, 0.29) is 0 Å². The SMILES string of the molecule is Clc1ccc(-c2ccc3c(c2)NCCC3)c(Cl)c1. The Morgan fingerprint density at radius 2 is 1.89 bits per heavy atom. The third-order valence-corrected chi connectivity index (χ3v) is 3.84. The smallest absolute Gasteiger partial charge is 0.0499 e. The molecule has 18 heavy (non-hydrogen) atoms. The highest BCUT2D eigenvalue weighted by Crippen LogP contribution is 2.33. The van der Waals surface area contributed by atoms with Gasteiger partial charge in [0.15, 0.2) is 0 Å². The molecule has 1 heterocycles. The Labute approximate surface area is 117 Å². The molecule has 92 valence electrons. The standard InChI is InChI=1S/C15H13Cl2N/c16-12-5-6-13(14(17)9-12)11-4-3-10-2-1-7-18-15(10)8-11/h3-6,8-9,18H,1-2,7H2. The summed E-state index contributed by atoms with van der Waals surface area (Å²) in [6.45, 7) is 1.05. The zero-order valence-corrected chi connectivity index (χ0v) is 11.4. The molecule has 0 fully saturated rings. The van der Waals surface area contributed by atoms with Gasteiger partial charge < -0.3 is 5.32 Å². The minimum Gasteiger partial charge on any atom is -0.385 e. The van der Waals surface area contributed by atoms with E-state index < -0.39 is 0 Å². The van der Waals surface area contributed by atoms with Crippen molar-refractivity contribution in [3.8, 4) is 11.1 Å². The minimum atomic E-state index is 0.667. The molecule has 0 amide bonds.